The predicted molar refractivity (Wildman–Crippen MR) is 77.6 cm³/mol. The van der Waals surface area contributed by atoms with Crippen molar-refractivity contribution >= 4 is 16.8 Å². The summed E-state index contributed by atoms with van der Waals surface area (Å²) in [5.41, 5.74) is 1.57. The normalized spacial score (nSPS) is 27.9. The Morgan fingerprint density at radius 3 is 3.00 bits per heavy atom. The van der Waals surface area contributed by atoms with Gasteiger partial charge in [-0.25, -0.2) is 0 Å². The molecule has 0 saturated carbocycles. The third-order valence-electron chi connectivity index (χ3n) is 4.47. The molecule has 2 aliphatic rings. The molecule has 0 radical (unpaired) electrons. The van der Waals surface area contributed by atoms with Crippen molar-refractivity contribution in [2.45, 2.75) is 37.4 Å². The summed E-state index contributed by atoms with van der Waals surface area (Å²) < 4.78 is 0. The molecule has 0 aliphatic carbocycles. The molecule has 2 fully saturated rings. The quantitative estimate of drug-likeness (QED) is 0.873. The minimum Gasteiger partial charge on any atom is -0.348 e. The molecule has 4 heteroatoms. The topological polar surface area (TPSA) is 54.0 Å². The summed E-state index contributed by atoms with van der Waals surface area (Å²) in [5, 5.41) is 7.69. The first kappa shape index (κ1) is 11.9. The lowest BCUT2D eigenvalue weighted by molar-refractivity contribution is 0.0931. The maximum Gasteiger partial charge on any atom is 0.253 e. The van der Waals surface area contributed by atoms with Gasteiger partial charge in [0.05, 0.1) is 11.1 Å². The fourth-order valence-electron chi connectivity index (χ4n) is 3.43. The molecule has 2 aromatic rings. The molecule has 3 heterocycles. The number of hydrogen-bond acceptors (Lipinski definition) is 3. The lowest BCUT2D eigenvalue weighted by Gasteiger charge is -2.21. The van der Waals surface area contributed by atoms with Crippen molar-refractivity contribution in [1.29, 1.82) is 0 Å². The minimum absolute atomic E-state index is 0.0115. The first-order valence-electron chi connectivity index (χ1n) is 7.21. The SMILES string of the molecule is O=C(NC1CC2CCC1N2)c1cnc2ccccc2c1. The number of carbonyl (C=O) groups is 1. The van der Waals surface area contributed by atoms with Gasteiger partial charge in [-0.05, 0) is 31.4 Å². The molecule has 2 N–H and O–H groups in total. The molecule has 4 rings (SSSR count). The lowest BCUT2D eigenvalue weighted by atomic mass is 9.95. The predicted octanol–water partition coefficient (Wildman–Crippen LogP) is 1.86. The molecular weight excluding hydrogens is 250 g/mol. The smallest absolute Gasteiger partial charge is 0.253 e. The number of nitrogens with one attached hydrogen (secondary N) is 2. The van der Waals surface area contributed by atoms with Crippen LogP contribution in [0, 0.1) is 0 Å². The van der Waals surface area contributed by atoms with Gasteiger partial charge in [-0.15, -0.1) is 0 Å². The molecular formula is C16H17N3O. The van der Waals surface area contributed by atoms with Crippen molar-refractivity contribution in [2.75, 3.05) is 0 Å². The van der Waals surface area contributed by atoms with Gasteiger partial charge in [0.25, 0.3) is 5.91 Å². The largest absolute Gasteiger partial charge is 0.348 e. The van der Waals surface area contributed by atoms with Gasteiger partial charge in [0, 0.05) is 29.7 Å². The van der Waals surface area contributed by atoms with Crippen LogP contribution in [-0.2, 0) is 0 Å². The van der Waals surface area contributed by atoms with E-state index in [1.807, 2.05) is 30.3 Å². The summed E-state index contributed by atoms with van der Waals surface area (Å²) >= 11 is 0. The van der Waals surface area contributed by atoms with Crippen LogP contribution < -0.4 is 10.6 Å². The van der Waals surface area contributed by atoms with Gasteiger partial charge in [0.15, 0.2) is 0 Å². The summed E-state index contributed by atoms with van der Waals surface area (Å²) in [6, 6.07) is 11.1. The first-order valence-corrected chi connectivity index (χ1v) is 7.21. The van der Waals surface area contributed by atoms with Gasteiger partial charge in [0.1, 0.15) is 0 Å². The third-order valence-corrected chi connectivity index (χ3v) is 4.47. The Kier molecular flexibility index (Phi) is 2.70. The Labute approximate surface area is 117 Å². The van der Waals surface area contributed by atoms with E-state index < -0.39 is 0 Å². The Morgan fingerprint density at radius 2 is 2.20 bits per heavy atom. The van der Waals surface area contributed by atoms with E-state index in [0.717, 1.165) is 17.3 Å². The highest BCUT2D eigenvalue weighted by atomic mass is 16.1. The zero-order chi connectivity index (χ0) is 13.5. The van der Waals surface area contributed by atoms with Crippen LogP contribution in [0.5, 0.6) is 0 Å². The van der Waals surface area contributed by atoms with Crippen LogP contribution in [0.3, 0.4) is 0 Å². The van der Waals surface area contributed by atoms with Gasteiger partial charge >= 0.3 is 0 Å². The van der Waals surface area contributed by atoms with Crippen LogP contribution >= 0.6 is 0 Å². The maximum atomic E-state index is 12.3. The summed E-state index contributed by atoms with van der Waals surface area (Å²) in [6.45, 7) is 0. The summed E-state index contributed by atoms with van der Waals surface area (Å²) in [7, 11) is 0. The standard InChI is InChI=1S/C16H17N3O/c20-16(19-15-8-12-5-6-14(15)18-12)11-7-10-3-1-2-4-13(10)17-9-11/h1-4,7,9,12,14-15,18H,5-6,8H2,(H,19,20). The molecule has 102 valence electrons. The van der Waals surface area contributed by atoms with Crippen LogP contribution in [0.25, 0.3) is 10.9 Å². The molecule has 2 aliphatic heterocycles. The highest BCUT2D eigenvalue weighted by molar-refractivity contribution is 5.97. The van der Waals surface area contributed by atoms with E-state index in [1.165, 1.54) is 12.8 Å². The number of amides is 1. The Morgan fingerprint density at radius 1 is 1.30 bits per heavy atom. The Balaban J connectivity index is 1.54. The second kappa shape index (κ2) is 4.56. The van der Waals surface area contributed by atoms with Crippen LogP contribution in [0.4, 0.5) is 0 Å². The zero-order valence-corrected chi connectivity index (χ0v) is 11.2. The number of benzene rings is 1. The van der Waals surface area contributed by atoms with Gasteiger partial charge in [-0.2, -0.15) is 0 Å². The second-order valence-corrected chi connectivity index (χ2v) is 5.78. The van der Waals surface area contributed by atoms with Crippen LogP contribution in [-0.4, -0.2) is 29.0 Å². The average Bonchev–Trinajstić information content (AvgIpc) is 3.09. The van der Waals surface area contributed by atoms with E-state index in [-0.39, 0.29) is 11.9 Å². The van der Waals surface area contributed by atoms with Gasteiger partial charge in [0.2, 0.25) is 0 Å². The summed E-state index contributed by atoms with van der Waals surface area (Å²) in [6.07, 6.45) is 5.13. The molecule has 1 aromatic carbocycles. The molecule has 1 amide bonds. The molecule has 3 atom stereocenters. The Bertz CT molecular complexity index is 670. The number of nitrogens with zero attached hydrogens (tertiary/aromatic N) is 1. The second-order valence-electron chi connectivity index (χ2n) is 5.78. The van der Waals surface area contributed by atoms with Crippen LogP contribution in [0.2, 0.25) is 0 Å². The number of hydrogen-bond donors (Lipinski definition) is 2. The number of rotatable bonds is 2. The van der Waals surface area contributed by atoms with Gasteiger partial charge in [-0.1, -0.05) is 18.2 Å². The molecule has 2 bridgehead atoms. The summed E-state index contributed by atoms with van der Waals surface area (Å²) in [4.78, 5) is 16.7. The number of fused-ring (bicyclic) bond motifs is 3. The average molecular weight is 267 g/mol. The number of pyridine rings is 1. The van der Waals surface area contributed by atoms with Crippen molar-refractivity contribution in [3.8, 4) is 0 Å². The van der Waals surface area contributed by atoms with Gasteiger partial charge < -0.3 is 10.6 Å². The molecule has 1 aromatic heterocycles. The highest BCUT2D eigenvalue weighted by Gasteiger charge is 2.39. The first-order chi connectivity index (χ1) is 9.79. The molecule has 20 heavy (non-hydrogen) atoms. The third kappa shape index (κ3) is 1.96. The van der Waals surface area contributed by atoms with Crippen LogP contribution in [0.15, 0.2) is 36.5 Å². The molecule has 0 spiro atoms. The number of aromatic nitrogens is 1. The maximum absolute atomic E-state index is 12.3. The fraction of sp³-hybridized carbons (Fsp3) is 0.375. The molecule has 4 nitrogen and oxygen atoms in total. The van der Waals surface area contributed by atoms with E-state index >= 15 is 0 Å². The highest BCUT2D eigenvalue weighted by Crippen LogP contribution is 2.28. The molecule has 2 saturated heterocycles. The van der Waals surface area contributed by atoms with Crippen molar-refractivity contribution in [1.82, 2.24) is 15.6 Å². The monoisotopic (exact) mass is 267 g/mol. The van der Waals surface area contributed by atoms with E-state index in [2.05, 4.69) is 15.6 Å². The van der Waals surface area contributed by atoms with E-state index in [1.54, 1.807) is 6.20 Å². The number of carbonyl (C=O) groups excluding carboxylic acids is 1. The van der Waals surface area contributed by atoms with Crippen molar-refractivity contribution in [2.24, 2.45) is 0 Å². The van der Waals surface area contributed by atoms with Crippen molar-refractivity contribution < 1.29 is 4.79 Å². The zero-order valence-electron chi connectivity index (χ0n) is 11.2. The van der Waals surface area contributed by atoms with Crippen LogP contribution in [0.1, 0.15) is 29.6 Å². The van der Waals surface area contributed by atoms with E-state index in [9.17, 15) is 4.79 Å². The van der Waals surface area contributed by atoms with Crippen molar-refractivity contribution in [3.63, 3.8) is 0 Å². The van der Waals surface area contributed by atoms with Crippen molar-refractivity contribution in [3.05, 3.63) is 42.1 Å². The van der Waals surface area contributed by atoms with E-state index in [4.69, 9.17) is 0 Å². The fourth-order valence-corrected chi connectivity index (χ4v) is 3.43. The summed E-state index contributed by atoms with van der Waals surface area (Å²) in [5.74, 6) is -0.0115. The lowest BCUT2D eigenvalue weighted by Crippen LogP contribution is -2.42. The van der Waals surface area contributed by atoms with E-state index in [0.29, 0.717) is 17.6 Å². The minimum atomic E-state index is -0.0115. The number of para-hydroxylation sites is 1. The Hall–Kier alpha value is -1.94. The molecule has 3 unspecified atom stereocenters. The van der Waals surface area contributed by atoms with Gasteiger partial charge in [-0.3, -0.25) is 9.78 Å².